The quantitative estimate of drug-likeness (QED) is 0.928. The Kier molecular flexibility index (Phi) is 4.81. The Balaban J connectivity index is 1.96. The second kappa shape index (κ2) is 6.60. The van der Waals surface area contributed by atoms with E-state index >= 15 is 0 Å². The second-order valence-corrected chi connectivity index (χ2v) is 6.24. The van der Waals surface area contributed by atoms with Gasteiger partial charge in [0.15, 0.2) is 0 Å². The zero-order valence-electron chi connectivity index (χ0n) is 13.5. The summed E-state index contributed by atoms with van der Waals surface area (Å²) in [7, 11) is 0. The molecule has 116 valence electrons. The van der Waals surface area contributed by atoms with Crippen LogP contribution in [-0.4, -0.2) is 16.7 Å². The van der Waals surface area contributed by atoms with Crippen molar-refractivity contribution in [3.05, 3.63) is 53.9 Å². The number of aromatic nitrogens is 1. The number of nitrogens with one attached hydrogen (secondary N) is 1. The van der Waals surface area contributed by atoms with E-state index in [1.54, 1.807) is 0 Å². The maximum atomic E-state index is 11.6. The third-order valence-electron chi connectivity index (χ3n) is 3.02. The molecule has 2 rings (SSSR count). The lowest BCUT2D eigenvalue weighted by Crippen LogP contribution is -2.32. The zero-order chi connectivity index (χ0) is 16.2. The van der Waals surface area contributed by atoms with Gasteiger partial charge in [0, 0.05) is 18.4 Å². The smallest absolute Gasteiger partial charge is 0.407 e. The third-order valence-corrected chi connectivity index (χ3v) is 3.02. The molecule has 4 heteroatoms. The Morgan fingerprint density at radius 2 is 1.82 bits per heavy atom. The summed E-state index contributed by atoms with van der Waals surface area (Å²) in [5, 5.41) is 2.75. The van der Waals surface area contributed by atoms with E-state index < -0.39 is 11.7 Å². The predicted molar refractivity (Wildman–Crippen MR) is 87.5 cm³/mol. The summed E-state index contributed by atoms with van der Waals surface area (Å²) in [6.07, 6.45) is 1.41. The van der Waals surface area contributed by atoms with Crippen LogP contribution in [0.3, 0.4) is 0 Å². The average Bonchev–Trinajstić information content (AvgIpc) is 2.44. The number of benzene rings is 1. The normalized spacial score (nSPS) is 11.1. The zero-order valence-corrected chi connectivity index (χ0v) is 13.5. The largest absolute Gasteiger partial charge is 0.444 e. The van der Waals surface area contributed by atoms with Crippen LogP contribution >= 0.6 is 0 Å². The Labute approximate surface area is 131 Å². The van der Waals surface area contributed by atoms with Crippen molar-refractivity contribution in [1.29, 1.82) is 0 Å². The highest BCUT2D eigenvalue weighted by atomic mass is 16.6. The molecule has 0 aliphatic carbocycles. The molecule has 0 radical (unpaired) electrons. The number of carbonyl (C=O) groups excluding carboxylic acids is 1. The van der Waals surface area contributed by atoms with Crippen LogP contribution in [0.1, 0.15) is 32.0 Å². The predicted octanol–water partition coefficient (Wildman–Crippen LogP) is 4.08. The summed E-state index contributed by atoms with van der Waals surface area (Å²) in [5.74, 6) is 0. The fourth-order valence-corrected chi connectivity index (χ4v) is 2.03. The van der Waals surface area contributed by atoms with Crippen molar-refractivity contribution >= 4 is 6.09 Å². The Bertz CT molecular complexity index is 643. The number of amides is 1. The number of alkyl carbamates (subject to hydrolysis) is 1. The molecule has 0 aliphatic rings. The van der Waals surface area contributed by atoms with Crippen LogP contribution in [0.15, 0.2) is 42.6 Å². The van der Waals surface area contributed by atoms with Crippen molar-refractivity contribution in [3.8, 4) is 11.1 Å². The fourth-order valence-electron chi connectivity index (χ4n) is 2.03. The van der Waals surface area contributed by atoms with Crippen LogP contribution in [0.5, 0.6) is 0 Å². The number of carbonyl (C=O) groups is 1. The molecule has 0 spiro atoms. The minimum absolute atomic E-state index is 0.402. The summed E-state index contributed by atoms with van der Waals surface area (Å²) in [6, 6.07) is 12.1. The molecule has 0 aliphatic heterocycles. The fraction of sp³-hybridized carbons (Fsp3) is 0.333. The molecule has 0 saturated carbocycles. The molecule has 1 amide bonds. The van der Waals surface area contributed by atoms with Crippen LogP contribution in [0.4, 0.5) is 4.79 Å². The van der Waals surface area contributed by atoms with E-state index in [0.29, 0.717) is 6.54 Å². The van der Waals surface area contributed by atoms with Crippen LogP contribution in [0, 0.1) is 6.92 Å². The van der Waals surface area contributed by atoms with E-state index in [-0.39, 0.29) is 0 Å². The molecule has 1 heterocycles. The Morgan fingerprint density at radius 1 is 1.14 bits per heavy atom. The minimum atomic E-state index is -0.479. The lowest BCUT2D eigenvalue weighted by Gasteiger charge is -2.19. The minimum Gasteiger partial charge on any atom is -0.444 e. The molecule has 2 aromatic rings. The first-order chi connectivity index (χ1) is 10.3. The summed E-state index contributed by atoms with van der Waals surface area (Å²) >= 11 is 0. The van der Waals surface area contributed by atoms with Crippen molar-refractivity contribution in [1.82, 2.24) is 10.3 Å². The van der Waals surface area contributed by atoms with Gasteiger partial charge >= 0.3 is 6.09 Å². The van der Waals surface area contributed by atoms with Crippen molar-refractivity contribution in [3.63, 3.8) is 0 Å². The molecule has 0 saturated heterocycles. The molecular formula is C18H22N2O2. The number of aryl methyl sites for hydroxylation is 1. The Hall–Kier alpha value is -2.36. The first-order valence-corrected chi connectivity index (χ1v) is 7.32. The van der Waals surface area contributed by atoms with Gasteiger partial charge in [-0.15, -0.1) is 0 Å². The molecule has 1 aromatic heterocycles. The van der Waals surface area contributed by atoms with E-state index in [1.807, 2.05) is 70.3 Å². The highest BCUT2D eigenvalue weighted by Crippen LogP contribution is 2.19. The molecule has 0 fully saturated rings. The number of hydrogen-bond acceptors (Lipinski definition) is 3. The Morgan fingerprint density at radius 3 is 2.41 bits per heavy atom. The van der Waals surface area contributed by atoms with Gasteiger partial charge in [-0.1, -0.05) is 24.3 Å². The molecule has 0 atom stereocenters. The molecule has 0 unspecified atom stereocenters. The molecule has 4 nitrogen and oxygen atoms in total. The summed E-state index contributed by atoms with van der Waals surface area (Å²) in [5.41, 5.74) is 3.81. The van der Waals surface area contributed by atoms with Crippen LogP contribution < -0.4 is 5.32 Å². The molecule has 0 bridgehead atoms. The van der Waals surface area contributed by atoms with E-state index in [9.17, 15) is 4.79 Å². The van der Waals surface area contributed by atoms with E-state index in [0.717, 1.165) is 22.4 Å². The van der Waals surface area contributed by atoms with Crippen LogP contribution in [0.2, 0.25) is 0 Å². The van der Waals surface area contributed by atoms with Gasteiger partial charge in [-0.3, -0.25) is 4.98 Å². The summed E-state index contributed by atoms with van der Waals surface area (Å²) in [6.45, 7) is 7.96. The lowest BCUT2D eigenvalue weighted by atomic mass is 10.0. The van der Waals surface area contributed by atoms with Gasteiger partial charge in [-0.2, -0.15) is 0 Å². The third kappa shape index (κ3) is 4.88. The standard InChI is InChI=1S/C18H22N2O2/c1-13-11-16(9-10-19-13)15-7-5-14(6-8-15)12-20-17(21)22-18(2,3)4/h5-11H,12H2,1-4H3,(H,20,21). The van der Waals surface area contributed by atoms with Crippen molar-refractivity contribution in [2.45, 2.75) is 39.8 Å². The number of rotatable bonds is 3. The molecule has 1 aromatic carbocycles. The van der Waals surface area contributed by atoms with Crippen molar-refractivity contribution in [2.24, 2.45) is 0 Å². The number of hydrogen-bond donors (Lipinski definition) is 1. The second-order valence-electron chi connectivity index (χ2n) is 6.24. The SMILES string of the molecule is Cc1cc(-c2ccc(CNC(=O)OC(C)(C)C)cc2)ccn1. The van der Waals surface area contributed by atoms with Gasteiger partial charge in [0.2, 0.25) is 0 Å². The monoisotopic (exact) mass is 298 g/mol. The number of nitrogens with zero attached hydrogens (tertiary/aromatic N) is 1. The number of ether oxygens (including phenoxy) is 1. The van der Waals surface area contributed by atoms with Gasteiger partial charge < -0.3 is 10.1 Å². The van der Waals surface area contributed by atoms with E-state index in [1.165, 1.54) is 0 Å². The summed E-state index contributed by atoms with van der Waals surface area (Å²) in [4.78, 5) is 15.8. The molecular weight excluding hydrogens is 276 g/mol. The van der Waals surface area contributed by atoms with Crippen molar-refractivity contribution in [2.75, 3.05) is 0 Å². The average molecular weight is 298 g/mol. The van der Waals surface area contributed by atoms with E-state index in [2.05, 4.69) is 10.3 Å². The maximum Gasteiger partial charge on any atom is 0.407 e. The van der Waals surface area contributed by atoms with Gasteiger partial charge in [0.25, 0.3) is 0 Å². The lowest BCUT2D eigenvalue weighted by molar-refractivity contribution is 0.0523. The first-order valence-electron chi connectivity index (χ1n) is 7.32. The summed E-state index contributed by atoms with van der Waals surface area (Å²) < 4.78 is 5.21. The highest BCUT2D eigenvalue weighted by Gasteiger charge is 2.15. The molecule has 22 heavy (non-hydrogen) atoms. The number of pyridine rings is 1. The van der Waals surface area contributed by atoms with Crippen molar-refractivity contribution < 1.29 is 9.53 Å². The highest BCUT2D eigenvalue weighted by molar-refractivity contribution is 5.68. The van der Waals surface area contributed by atoms with Gasteiger partial charge in [-0.05, 0) is 56.5 Å². The van der Waals surface area contributed by atoms with Gasteiger partial charge in [0.1, 0.15) is 5.60 Å². The van der Waals surface area contributed by atoms with Crippen LogP contribution in [-0.2, 0) is 11.3 Å². The van der Waals surface area contributed by atoms with Crippen LogP contribution in [0.25, 0.3) is 11.1 Å². The first kappa shape index (κ1) is 16.0. The van der Waals surface area contributed by atoms with E-state index in [4.69, 9.17) is 4.74 Å². The van der Waals surface area contributed by atoms with Gasteiger partial charge in [0.05, 0.1) is 0 Å². The maximum absolute atomic E-state index is 11.6. The molecule has 1 N–H and O–H groups in total. The van der Waals surface area contributed by atoms with Gasteiger partial charge in [-0.25, -0.2) is 4.79 Å². The topological polar surface area (TPSA) is 51.2 Å².